The van der Waals surface area contributed by atoms with Crippen LogP contribution in [0, 0.1) is 0 Å². The topological polar surface area (TPSA) is 95.6 Å². The quantitative estimate of drug-likeness (QED) is 0.487. The number of carbonyl (C=O) groups excluding carboxylic acids is 1. The third-order valence-corrected chi connectivity index (χ3v) is 7.08. The number of hydrogen-bond acceptors (Lipinski definition) is 6. The summed E-state index contributed by atoms with van der Waals surface area (Å²) < 4.78 is 18.1. The Morgan fingerprint density at radius 1 is 1.06 bits per heavy atom. The van der Waals surface area contributed by atoms with Gasteiger partial charge < -0.3 is 19.2 Å². The summed E-state index contributed by atoms with van der Waals surface area (Å²) in [5.41, 5.74) is 1.91. The molecule has 1 aliphatic carbocycles. The van der Waals surface area contributed by atoms with Gasteiger partial charge in [-0.05, 0) is 42.7 Å². The van der Waals surface area contributed by atoms with Crippen LogP contribution < -0.4 is 20.3 Å². The lowest BCUT2D eigenvalue weighted by Crippen LogP contribution is -2.43. The molecule has 3 heterocycles. The highest BCUT2D eigenvalue weighted by Gasteiger charge is 2.35. The first-order chi connectivity index (χ1) is 16.6. The number of aromatic nitrogens is 2. The van der Waals surface area contributed by atoms with Crippen molar-refractivity contribution in [2.24, 2.45) is 0 Å². The molecule has 1 amide bonds. The fraction of sp³-hybridized carbons (Fsp3) is 0.346. The molecule has 0 unspecified atom stereocenters. The molecule has 1 saturated carbocycles. The van der Waals surface area contributed by atoms with Crippen LogP contribution in [-0.4, -0.2) is 28.8 Å². The van der Waals surface area contributed by atoms with Crippen molar-refractivity contribution in [3.8, 4) is 11.5 Å². The third kappa shape index (κ3) is 3.50. The van der Waals surface area contributed by atoms with Gasteiger partial charge in [0.2, 0.25) is 18.3 Å². The molecule has 2 aromatic carbocycles. The average Bonchev–Trinajstić information content (AvgIpc) is 3.49. The van der Waals surface area contributed by atoms with E-state index in [9.17, 15) is 9.59 Å². The number of furan rings is 1. The number of para-hydroxylation sites is 1. The number of rotatable bonds is 5. The van der Waals surface area contributed by atoms with E-state index >= 15 is 0 Å². The highest BCUT2D eigenvalue weighted by atomic mass is 16.7. The van der Waals surface area contributed by atoms with Gasteiger partial charge in [-0.15, -0.1) is 0 Å². The van der Waals surface area contributed by atoms with Crippen molar-refractivity contribution in [1.29, 1.82) is 0 Å². The van der Waals surface area contributed by atoms with Crippen molar-refractivity contribution in [1.82, 2.24) is 14.9 Å². The summed E-state index contributed by atoms with van der Waals surface area (Å²) in [7, 11) is 0. The van der Waals surface area contributed by atoms with Crippen LogP contribution in [0.4, 0.5) is 0 Å². The minimum atomic E-state index is -0.362. The van der Waals surface area contributed by atoms with Crippen molar-refractivity contribution < 1.29 is 18.7 Å². The van der Waals surface area contributed by atoms with Crippen LogP contribution in [0.3, 0.4) is 0 Å². The lowest BCUT2D eigenvalue weighted by molar-refractivity contribution is -0.122. The maximum Gasteiger partial charge on any atom is 0.297 e. The minimum absolute atomic E-state index is 0.115. The second-order valence-corrected chi connectivity index (χ2v) is 9.14. The van der Waals surface area contributed by atoms with E-state index in [1.807, 2.05) is 30.3 Å². The van der Waals surface area contributed by atoms with E-state index in [0.29, 0.717) is 17.6 Å². The fourth-order valence-corrected chi connectivity index (χ4v) is 5.23. The molecule has 0 saturated heterocycles. The number of nitrogens with zero attached hydrogens (tertiary/aromatic N) is 2. The Morgan fingerprint density at radius 2 is 1.88 bits per heavy atom. The molecule has 1 N–H and O–H groups in total. The van der Waals surface area contributed by atoms with Crippen LogP contribution in [0.1, 0.15) is 37.7 Å². The molecule has 174 valence electrons. The van der Waals surface area contributed by atoms with E-state index < -0.39 is 0 Å². The van der Waals surface area contributed by atoms with Crippen molar-refractivity contribution in [3.63, 3.8) is 0 Å². The third-order valence-electron chi connectivity index (χ3n) is 7.08. The monoisotopic (exact) mass is 459 g/mol. The van der Waals surface area contributed by atoms with Gasteiger partial charge in [0.25, 0.3) is 5.56 Å². The second kappa shape index (κ2) is 8.20. The lowest BCUT2D eigenvalue weighted by atomic mass is 9.69. The summed E-state index contributed by atoms with van der Waals surface area (Å²) in [6.45, 7) is 0.622. The predicted molar refractivity (Wildman–Crippen MR) is 126 cm³/mol. The molecule has 0 spiro atoms. The van der Waals surface area contributed by atoms with Gasteiger partial charge in [-0.25, -0.2) is 4.98 Å². The van der Waals surface area contributed by atoms with Gasteiger partial charge in [0.05, 0.1) is 6.33 Å². The van der Waals surface area contributed by atoms with E-state index in [0.717, 1.165) is 48.1 Å². The molecule has 8 nitrogen and oxygen atoms in total. The number of hydrogen-bond donors (Lipinski definition) is 1. The molecule has 8 heteroatoms. The summed E-state index contributed by atoms with van der Waals surface area (Å²) in [6.07, 6.45) is 6.80. The van der Waals surface area contributed by atoms with Crippen LogP contribution in [0.15, 0.2) is 58.0 Å². The Bertz CT molecular complexity index is 1450. The van der Waals surface area contributed by atoms with E-state index in [-0.39, 0.29) is 35.8 Å². The average molecular weight is 460 g/mol. The molecular weight excluding hydrogens is 434 g/mol. The van der Waals surface area contributed by atoms with Crippen molar-refractivity contribution in [3.05, 3.63) is 64.7 Å². The first-order valence-corrected chi connectivity index (χ1v) is 11.7. The standard InChI is InChI=1S/C26H25N3O5/c30-22(13-29-15-28-23-18-6-2-3-7-19(18)34-24(23)25(29)31)27-14-26(10-4-1-5-11-26)17-8-9-20-21(12-17)33-16-32-20/h2-3,6-9,12,15H,1,4-5,10-11,13-14,16H2,(H,27,30). The Morgan fingerprint density at radius 3 is 2.76 bits per heavy atom. The number of ether oxygens (including phenoxy) is 2. The van der Waals surface area contributed by atoms with E-state index in [1.165, 1.54) is 17.3 Å². The highest BCUT2D eigenvalue weighted by molar-refractivity contribution is 6.01. The number of benzene rings is 2. The van der Waals surface area contributed by atoms with Gasteiger partial charge >= 0.3 is 0 Å². The highest BCUT2D eigenvalue weighted by Crippen LogP contribution is 2.43. The van der Waals surface area contributed by atoms with Crippen molar-refractivity contribution in [2.45, 2.75) is 44.1 Å². The molecule has 34 heavy (non-hydrogen) atoms. The van der Waals surface area contributed by atoms with Gasteiger partial charge in [-0.3, -0.25) is 14.2 Å². The van der Waals surface area contributed by atoms with Crippen molar-refractivity contribution >= 4 is 28.0 Å². The summed E-state index contributed by atoms with van der Waals surface area (Å²) in [5, 5.41) is 3.87. The zero-order chi connectivity index (χ0) is 23.1. The molecule has 4 aromatic rings. The van der Waals surface area contributed by atoms with Gasteiger partial charge in [0, 0.05) is 17.3 Å². The summed E-state index contributed by atoms with van der Waals surface area (Å²) >= 11 is 0. The molecule has 1 fully saturated rings. The predicted octanol–water partition coefficient (Wildman–Crippen LogP) is 3.89. The Kier molecular flexibility index (Phi) is 5.01. The van der Waals surface area contributed by atoms with Crippen LogP contribution in [0.2, 0.25) is 0 Å². The van der Waals surface area contributed by atoms with Crippen LogP contribution in [-0.2, 0) is 16.8 Å². The Balaban J connectivity index is 1.22. The van der Waals surface area contributed by atoms with E-state index in [1.54, 1.807) is 6.07 Å². The molecule has 0 radical (unpaired) electrons. The molecule has 2 aromatic heterocycles. The molecule has 6 rings (SSSR count). The molecule has 0 atom stereocenters. The van der Waals surface area contributed by atoms with Gasteiger partial charge in [0.15, 0.2) is 11.5 Å². The van der Waals surface area contributed by atoms with Gasteiger partial charge in [0.1, 0.15) is 17.6 Å². The lowest BCUT2D eigenvalue weighted by Gasteiger charge is -2.38. The Hall–Kier alpha value is -3.81. The number of carbonyl (C=O) groups is 1. The van der Waals surface area contributed by atoms with Crippen LogP contribution >= 0.6 is 0 Å². The minimum Gasteiger partial charge on any atom is -0.454 e. The van der Waals surface area contributed by atoms with Gasteiger partial charge in [-0.2, -0.15) is 0 Å². The SMILES string of the molecule is O=C(Cn1cnc2c(oc3ccccc32)c1=O)NCC1(c2ccc3c(c2)OCO3)CCCCC1. The van der Waals surface area contributed by atoms with Gasteiger partial charge in [-0.1, -0.05) is 37.5 Å². The molecule has 1 aliphatic heterocycles. The molecule has 0 bridgehead atoms. The largest absolute Gasteiger partial charge is 0.454 e. The smallest absolute Gasteiger partial charge is 0.297 e. The summed E-state index contributed by atoms with van der Waals surface area (Å²) in [5.74, 6) is 1.28. The zero-order valence-electron chi connectivity index (χ0n) is 18.7. The number of amides is 1. The van der Waals surface area contributed by atoms with Crippen molar-refractivity contribution in [2.75, 3.05) is 13.3 Å². The summed E-state index contributed by atoms with van der Waals surface area (Å²) in [4.78, 5) is 30.2. The maximum absolute atomic E-state index is 13.0. The fourth-order valence-electron chi connectivity index (χ4n) is 5.23. The number of nitrogens with one attached hydrogen (secondary N) is 1. The number of fused-ring (bicyclic) bond motifs is 4. The first kappa shape index (κ1) is 20.8. The second-order valence-electron chi connectivity index (χ2n) is 9.14. The van der Waals surface area contributed by atoms with E-state index in [4.69, 9.17) is 13.9 Å². The zero-order valence-corrected chi connectivity index (χ0v) is 18.7. The first-order valence-electron chi connectivity index (χ1n) is 11.7. The van der Waals surface area contributed by atoms with Crippen LogP contribution in [0.5, 0.6) is 11.5 Å². The normalized spacial score (nSPS) is 16.7. The Labute approximate surface area is 195 Å². The van der Waals surface area contributed by atoms with E-state index in [2.05, 4.69) is 16.4 Å². The summed E-state index contributed by atoms with van der Waals surface area (Å²) in [6, 6.07) is 13.5. The van der Waals surface area contributed by atoms with Crippen LogP contribution in [0.25, 0.3) is 22.1 Å². The molecular formula is C26H25N3O5. The molecule has 2 aliphatic rings. The maximum atomic E-state index is 13.0.